The van der Waals surface area contributed by atoms with Crippen molar-refractivity contribution in [3.8, 4) is 5.75 Å². The molecule has 0 aromatic heterocycles. The van der Waals surface area contributed by atoms with Crippen LogP contribution in [0.5, 0.6) is 5.75 Å². The zero-order valence-corrected chi connectivity index (χ0v) is 18.2. The van der Waals surface area contributed by atoms with Gasteiger partial charge in [0.05, 0.1) is 6.04 Å². The van der Waals surface area contributed by atoms with Crippen molar-refractivity contribution in [3.05, 3.63) is 65.2 Å². The summed E-state index contributed by atoms with van der Waals surface area (Å²) >= 11 is 0. The van der Waals surface area contributed by atoms with Crippen LogP contribution in [0.2, 0.25) is 0 Å². The molecule has 1 amide bonds. The lowest BCUT2D eigenvalue weighted by molar-refractivity contribution is 0.0389. The van der Waals surface area contributed by atoms with E-state index in [1.807, 2.05) is 38.2 Å². The summed E-state index contributed by atoms with van der Waals surface area (Å²) in [6.07, 6.45) is 0. The summed E-state index contributed by atoms with van der Waals surface area (Å²) in [6.45, 7) is 9.10. The third-order valence-corrected chi connectivity index (χ3v) is 6.16. The van der Waals surface area contributed by atoms with Crippen LogP contribution in [-0.4, -0.2) is 71.5 Å². The summed E-state index contributed by atoms with van der Waals surface area (Å²) in [5.74, 6) is 0.313. The van der Waals surface area contributed by atoms with Gasteiger partial charge >= 0.3 is 0 Å². The van der Waals surface area contributed by atoms with Crippen molar-refractivity contribution >= 4 is 5.91 Å². The molecule has 1 N–H and O–H groups in total. The maximum atomic E-state index is 12.5. The first kappa shape index (κ1) is 21.3. The van der Waals surface area contributed by atoms with Gasteiger partial charge in [-0.3, -0.25) is 9.69 Å². The predicted molar refractivity (Wildman–Crippen MR) is 117 cm³/mol. The van der Waals surface area contributed by atoms with Gasteiger partial charge in [0, 0.05) is 44.3 Å². The van der Waals surface area contributed by atoms with Crippen LogP contribution < -0.4 is 0 Å². The van der Waals surface area contributed by atoms with Gasteiger partial charge in [0.1, 0.15) is 5.75 Å². The molecule has 0 bridgehead atoms. The number of hydrogen-bond acceptors (Lipinski definition) is 4. The van der Waals surface area contributed by atoms with Crippen LogP contribution >= 0.6 is 0 Å². The number of carbonyl (C=O) groups excluding carboxylic acids is 1. The molecule has 0 spiro atoms. The van der Waals surface area contributed by atoms with E-state index >= 15 is 0 Å². The molecular weight excluding hydrogens is 362 g/mol. The minimum absolute atomic E-state index is 0.0290. The van der Waals surface area contributed by atoms with E-state index < -0.39 is 0 Å². The molecule has 0 unspecified atom stereocenters. The van der Waals surface area contributed by atoms with Gasteiger partial charge < -0.3 is 14.9 Å². The van der Waals surface area contributed by atoms with Gasteiger partial charge in [0.2, 0.25) is 0 Å². The number of benzene rings is 2. The first-order chi connectivity index (χ1) is 13.8. The second kappa shape index (κ2) is 8.97. The highest BCUT2D eigenvalue weighted by atomic mass is 16.3. The number of amides is 1. The Morgan fingerprint density at radius 3 is 2.41 bits per heavy atom. The molecule has 156 valence electrons. The summed E-state index contributed by atoms with van der Waals surface area (Å²) in [7, 11) is 3.99. The van der Waals surface area contributed by atoms with E-state index in [1.54, 1.807) is 11.0 Å². The van der Waals surface area contributed by atoms with Crippen molar-refractivity contribution in [1.29, 1.82) is 0 Å². The molecule has 29 heavy (non-hydrogen) atoms. The van der Waals surface area contributed by atoms with Gasteiger partial charge in [-0.05, 0) is 63.2 Å². The van der Waals surface area contributed by atoms with Crippen molar-refractivity contribution in [2.24, 2.45) is 0 Å². The number of nitrogens with zero attached hydrogens (tertiary/aromatic N) is 3. The number of piperazine rings is 1. The highest BCUT2D eigenvalue weighted by Crippen LogP contribution is 2.34. The Morgan fingerprint density at radius 2 is 1.79 bits per heavy atom. The minimum Gasteiger partial charge on any atom is -0.508 e. The Kier molecular flexibility index (Phi) is 6.60. The number of rotatable bonds is 5. The summed E-state index contributed by atoms with van der Waals surface area (Å²) in [5, 5.41) is 10.1. The maximum absolute atomic E-state index is 12.5. The van der Waals surface area contributed by atoms with Gasteiger partial charge in [0.25, 0.3) is 5.91 Å². The average Bonchev–Trinajstić information content (AvgIpc) is 2.71. The fraction of sp³-hybridized carbons (Fsp3) is 0.458. The van der Waals surface area contributed by atoms with Crippen LogP contribution in [0, 0.1) is 0 Å². The number of phenolic OH excluding ortho intramolecular Hbond substituents is 1. The smallest absolute Gasteiger partial charge is 0.253 e. The van der Waals surface area contributed by atoms with E-state index in [-0.39, 0.29) is 17.7 Å². The topological polar surface area (TPSA) is 47.0 Å². The molecule has 0 radical (unpaired) electrons. The van der Waals surface area contributed by atoms with E-state index in [1.165, 1.54) is 0 Å². The normalized spacial score (nSPS) is 21.7. The van der Waals surface area contributed by atoms with E-state index in [0.717, 1.165) is 24.2 Å². The second-order valence-corrected chi connectivity index (χ2v) is 8.27. The molecule has 5 nitrogen and oxygen atoms in total. The van der Waals surface area contributed by atoms with Crippen LogP contribution in [0.15, 0.2) is 48.5 Å². The van der Waals surface area contributed by atoms with Gasteiger partial charge in [-0.15, -0.1) is 0 Å². The Morgan fingerprint density at radius 1 is 1.10 bits per heavy atom. The molecule has 1 saturated heterocycles. The fourth-order valence-electron chi connectivity index (χ4n) is 4.13. The average molecular weight is 396 g/mol. The van der Waals surface area contributed by atoms with Crippen molar-refractivity contribution in [2.75, 3.05) is 33.7 Å². The van der Waals surface area contributed by atoms with Crippen LogP contribution in [0.1, 0.15) is 48.3 Å². The summed E-state index contributed by atoms with van der Waals surface area (Å²) in [4.78, 5) is 19.1. The van der Waals surface area contributed by atoms with E-state index in [4.69, 9.17) is 0 Å². The Hall–Kier alpha value is -2.37. The maximum Gasteiger partial charge on any atom is 0.253 e. The van der Waals surface area contributed by atoms with Gasteiger partial charge in [0.15, 0.2) is 0 Å². The molecule has 1 aliphatic heterocycles. The molecule has 0 saturated carbocycles. The van der Waals surface area contributed by atoms with Crippen LogP contribution in [-0.2, 0) is 0 Å². The quantitative estimate of drug-likeness (QED) is 0.840. The van der Waals surface area contributed by atoms with E-state index in [0.29, 0.717) is 24.2 Å². The van der Waals surface area contributed by atoms with Gasteiger partial charge in [-0.1, -0.05) is 24.3 Å². The number of aromatic hydroxyl groups is 1. The molecule has 1 heterocycles. The van der Waals surface area contributed by atoms with Crippen molar-refractivity contribution < 1.29 is 9.90 Å². The van der Waals surface area contributed by atoms with Crippen molar-refractivity contribution in [3.63, 3.8) is 0 Å². The molecule has 1 fully saturated rings. The molecule has 3 atom stereocenters. The minimum atomic E-state index is 0.0290. The number of likely N-dealkylation sites (N-methyl/N-ethyl adjacent to an activating group) is 1. The Bertz CT molecular complexity index is 836. The molecule has 5 heteroatoms. The molecule has 3 rings (SSSR count). The Balaban J connectivity index is 1.99. The van der Waals surface area contributed by atoms with Crippen LogP contribution in [0.3, 0.4) is 0 Å². The number of phenols is 1. The lowest BCUT2D eigenvalue weighted by Crippen LogP contribution is -2.55. The molecule has 2 aromatic carbocycles. The lowest BCUT2D eigenvalue weighted by Gasteiger charge is -2.46. The number of hydrogen-bond donors (Lipinski definition) is 1. The van der Waals surface area contributed by atoms with Crippen molar-refractivity contribution in [2.45, 2.75) is 38.9 Å². The molecule has 1 aliphatic rings. The second-order valence-electron chi connectivity index (χ2n) is 8.27. The summed E-state index contributed by atoms with van der Waals surface area (Å²) < 4.78 is 0. The van der Waals surface area contributed by atoms with Crippen LogP contribution in [0.4, 0.5) is 0 Å². The zero-order valence-electron chi connectivity index (χ0n) is 18.2. The fourth-order valence-corrected chi connectivity index (χ4v) is 4.13. The third kappa shape index (κ3) is 4.62. The van der Waals surface area contributed by atoms with Gasteiger partial charge in [-0.25, -0.2) is 0 Å². The highest BCUT2D eigenvalue weighted by Gasteiger charge is 2.33. The number of carbonyl (C=O) groups is 1. The van der Waals surface area contributed by atoms with Gasteiger partial charge in [-0.2, -0.15) is 0 Å². The van der Waals surface area contributed by atoms with E-state index in [2.05, 4.69) is 48.9 Å². The highest BCUT2D eigenvalue weighted by molar-refractivity contribution is 5.94. The van der Waals surface area contributed by atoms with Crippen LogP contribution in [0.25, 0.3) is 0 Å². The zero-order chi connectivity index (χ0) is 21.1. The Labute approximate surface area is 174 Å². The van der Waals surface area contributed by atoms with E-state index in [9.17, 15) is 9.90 Å². The summed E-state index contributed by atoms with van der Waals surface area (Å²) in [6, 6.07) is 16.3. The SMILES string of the molecule is CCN(C)C(=O)c1ccc([C@H](c2cccc(O)c2)N2C[C@@H](C)N(C)C[C@H]2C)cc1. The molecule has 0 aliphatic carbocycles. The standard InChI is InChI=1S/C24H33N3O2/c1-6-25(4)24(29)20-12-10-19(11-13-20)23(21-8-7-9-22(28)14-21)27-16-17(2)26(5)15-18(27)3/h7-14,17-18,23,28H,6,15-16H2,1-5H3/t17-,18-,23-/m1/s1. The lowest BCUT2D eigenvalue weighted by atomic mass is 9.93. The first-order valence-electron chi connectivity index (χ1n) is 10.4. The first-order valence-corrected chi connectivity index (χ1v) is 10.4. The molecule has 2 aromatic rings. The monoisotopic (exact) mass is 395 g/mol. The predicted octanol–water partition coefficient (Wildman–Crippen LogP) is 3.60. The third-order valence-electron chi connectivity index (χ3n) is 6.16. The molecular formula is C24H33N3O2. The van der Waals surface area contributed by atoms with Crippen molar-refractivity contribution in [1.82, 2.24) is 14.7 Å². The largest absolute Gasteiger partial charge is 0.508 e. The summed E-state index contributed by atoms with van der Waals surface area (Å²) in [5.41, 5.74) is 2.90.